The van der Waals surface area contributed by atoms with Crippen molar-refractivity contribution in [2.75, 3.05) is 13.1 Å². The number of hydrogen-bond acceptors (Lipinski definition) is 4. The number of fused-ring (bicyclic) bond motifs is 1. The van der Waals surface area contributed by atoms with E-state index in [1.165, 1.54) is 0 Å². The van der Waals surface area contributed by atoms with E-state index in [0.29, 0.717) is 11.6 Å². The van der Waals surface area contributed by atoms with Crippen LogP contribution in [0.4, 0.5) is 0 Å². The zero-order chi connectivity index (χ0) is 16.5. The lowest BCUT2D eigenvalue weighted by Gasteiger charge is -2.31. The van der Waals surface area contributed by atoms with Gasteiger partial charge in [0.15, 0.2) is 5.69 Å². The Kier molecular flexibility index (Phi) is 3.76. The van der Waals surface area contributed by atoms with E-state index in [4.69, 9.17) is 0 Å². The maximum Gasteiger partial charge on any atom is 0.274 e. The molecule has 1 aliphatic rings. The number of rotatable bonds is 3. The zero-order valence-electron chi connectivity index (χ0n) is 13.6. The summed E-state index contributed by atoms with van der Waals surface area (Å²) in [4.78, 5) is 14.7. The van der Waals surface area contributed by atoms with Gasteiger partial charge >= 0.3 is 0 Å². The fourth-order valence-electron chi connectivity index (χ4n) is 3.37. The summed E-state index contributed by atoms with van der Waals surface area (Å²) in [6.07, 6.45) is 4.63. The van der Waals surface area contributed by atoms with Gasteiger partial charge in [-0.3, -0.25) is 9.89 Å². The second kappa shape index (κ2) is 6.07. The molecular weight excluding hydrogens is 304 g/mol. The maximum atomic E-state index is 12.8. The molecule has 24 heavy (non-hydrogen) atoms. The molecule has 1 fully saturated rings. The molecule has 0 spiro atoms. The molecule has 2 aromatic heterocycles. The number of hydrogen-bond donors (Lipinski definition) is 1. The van der Waals surface area contributed by atoms with Gasteiger partial charge in [0.2, 0.25) is 0 Å². The Balaban J connectivity index is 1.42. The Bertz CT molecular complexity index is 859. The third-order valence-corrected chi connectivity index (χ3v) is 4.85. The molecule has 7 heteroatoms. The van der Waals surface area contributed by atoms with Crippen molar-refractivity contribution in [3.63, 3.8) is 0 Å². The van der Waals surface area contributed by atoms with Crippen molar-refractivity contribution in [1.29, 1.82) is 0 Å². The fourth-order valence-corrected chi connectivity index (χ4v) is 3.37. The Labute approximate surface area is 139 Å². The monoisotopic (exact) mass is 324 g/mol. The number of H-pyrrole nitrogens is 1. The number of benzene rings is 1. The highest BCUT2D eigenvalue weighted by molar-refractivity contribution is 6.04. The highest BCUT2D eigenvalue weighted by atomic mass is 16.2. The SMILES string of the molecule is Cn1cnnc1CC1CCN(C(=O)c2n[nH]c3ccccc23)CC1. The molecule has 0 atom stereocenters. The third kappa shape index (κ3) is 2.66. The smallest absolute Gasteiger partial charge is 0.274 e. The van der Waals surface area contributed by atoms with Crippen LogP contribution in [0.15, 0.2) is 30.6 Å². The highest BCUT2D eigenvalue weighted by Crippen LogP contribution is 2.23. The van der Waals surface area contributed by atoms with Gasteiger partial charge < -0.3 is 9.47 Å². The lowest BCUT2D eigenvalue weighted by molar-refractivity contribution is 0.0685. The first-order valence-electron chi connectivity index (χ1n) is 8.27. The van der Waals surface area contributed by atoms with Crippen LogP contribution in [-0.2, 0) is 13.5 Å². The minimum Gasteiger partial charge on any atom is -0.337 e. The van der Waals surface area contributed by atoms with E-state index in [2.05, 4.69) is 20.4 Å². The lowest BCUT2D eigenvalue weighted by atomic mass is 9.93. The van der Waals surface area contributed by atoms with Crippen molar-refractivity contribution in [2.45, 2.75) is 19.3 Å². The molecule has 1 aromatic carbocycles. The van der Waals surface area contributed by atoms with E-state index in [1.807, 2.05) is 40.8 Å². The minimum absolute atomic E-state index is 0.0181. The van der Waals surface area contributed by atoms with E-state index >= 15 is 0 Å². The van der Waals surface area contributed by atoms with E-state index in [1.54, 1.807) is 6.33 Å². The number of aromatic amines is 1. The van der Waals surface area contributed by atoms with Crippen LogP contribution in [0.2, 0.25) is 0 Å². The number of carbonyl (C=O) groups is 1. The van der Waals surface area contributed by atoms with E-state index in [9.17, 15) is 4.79 Å². The average Bonchev–Trinajstić information content (AvgIpc) is 3.21. The summed E-state index contributed by atoms with van der Waals surface area (Å²) in [6, 6.07) is 7.74. The number of piperidine rings is 1. The molecule has 0 radical (unpaired) electrons. The molecule has 1 aliphatic heterocycles. The van der Waals surface area contributed by atoms with E-state index in [-0.39, 0.29) is 5.91 Å². The summed E-state index contributed by atoms with van der Waals surface area (Å²) < 4.78 is 1.97. The van der Waals surface area contributed by atoms with Crippen molar-refractivity contribution in [2.24, 2.45) is 13.0 Å². The molecule has 4 rings (SSSR count). The Morgan fingerprint density at radius 1 is 1.29 bits per heavy atom. The van der Waals surface area contributed by atoms with Crippen molar-refractivity contribution >= 4 is 16.8 Å². The molecule has 1 N–H and O–H groups in total. The first-order chi connectivity index (χ1) is 11.7. The average molecular weight is 324 g/mol. The second-order valence-electron chi connectivity index (χ2n) is 6.42. The molecule has 7 nitrogen and oxygen atoms in total. The van der Waals surface area contributed by atoms with Crippen LogP contribution in [0, 0.1) is 5.92 Å². The molecule has 0 unspecified atom stereocenters. The molecule has 0 aliphatic carbocycles. The van der Waals surface area contributed by atoms with E-state index in [0.717, 1.165) is 49.1 Å². The van der Waals surface area contributed by atoms with Gasteiger partial charge in [-0.25, -0.2) is 0 Å². The number of aryl methyl sites for hydroxylation is 1. The zero-order valence-corrected chi connectivity index (χ0v) is 13.6. The van der Waals surface area contributed by atoms with Crippen molar-refractivity contribution < 1.29 is 4.79 Å². The van der Waals surface area contributed by atoms with Crippen LogP contribution in [0.5, 0.6) is 0 Å². The van der Waals surface area contributed by atoms with Gasteiger partial charge in [0.1, 0.15) is 12.2 Å². The first-order valence-corrected chi connectivity index (χ1v) is 8.27. The highest BCUT2D eigenvalue weighted by Gasteiger charge is 2.26. The lowest BCUT2D eigenvalue weighted by Crippen LogP contribution is -2.39. The normalized spacial score (nSPS) is 16.0. The van der Waals surface area contributed by atoms with Gasteiger partial charge in [-0.2, -0.15) is 5.10 Å². The Morgan fingerprint density at radius 3 is 2.83 bits per heavy atom. The Hall–Kier alpha value is -2.70. The predicted molar refractivity (Wildman–Crippen MR) is 89.4 cm³/mol. The molecule has 3 heterocycles. The number of carbonyl (C=O) groups excluding carboxylic acids is 1. The molecule has 1 saturated heterocycles. The predicted octanol–water partition coefficient (Wildman–Crippen LogP) is 1.79. The Morgan fingerprint density at radius 2 is 2.08 bits per heavy atom. The van der Waals surface area contributed by atoms with Crippen LogP contribution in [0.1, 0.15) is 29.2 Å². The molecule has 1 amide bonds. The molecule has 124 valence electrons. The second-order valence-corrected chi connectivity index (χ2v) is 6.42. The summed E-state index contributed by atoms with van der Waals surface area (Å²) in [7, 11) is 1.97. The van der Waals surface area contributed by atoms with Gasteiger partial charge in [0.05, 0.1) is 5.52 Å². The van der Waals surface area contributed by atoms with Crippen LogP contribution in [0.3, 0.4) is 0 Å². The van der Waals surface area contributed by atoms with E-state index < -0.39 is 0 Å². The summed E-state index contributed by atoms with van der Waals surface area (Å²) in [5.74, 6) is 1.58. The standard InChI is InChI=1S/C17H20N6O/c1-22-11-18-20-15(22)10-12-6-8-23(9-7-12)17(24)16-13-4-2-3-5-14(13)19-21-16/h2-5,11-12H,6-10H2,1H3,(H,19,21). The number of para-hydroxylation sites is 1. The maximum absolute atomic E-state index is 12.8. The largest absolute Gasteiger partial charge is 0.337 e. The van der Waals surface area contributed by atoms with Gasteiger partial charge in [0.25, 0.3) is 5.91 Å². The third-order valence-electron chi connectivity index (χ3n) is 4.85. The quantitative estimate of drug-likeness (QED) is 0.796. The van der Waals surface area contributed by atoms with Crippen LogP contribution in [-0.4, -0.2) is 48.9 Å². The number of nitrogens with one attached hydrogen (secondary N) is 1. The summed E-state index contributed by atoms with van der Waals surface area (Å²) >= 11 is 0. The molecule has 0 bridgehead atoms. The molecular formula is C17H20N6O. The van der Waals surface area contributed by atoms with Crippen molar-refractivity contribution in [1.82, 2.24) is 29.9 Å². The fraction of sp³-hybridized carbons (Fsp3) is 0.412. The topological polar surface area (TPSA) is 79.7 Å². The number of aromatic nitrogens is 5. The number of nitrogens with zero attached hydrogens (tertiary/aromatic N) is 5. The summed E-state index contributed by atoms with van der Waals surface area (Å²) in [5.41, 5.74) is 1.43. The van der Waals surface area contributed by atoms with Gasteiger partial charge in [-0.15, -0.1) is 10.2 Å². The van der Waals surface area contributed by atoms with Crippen molar-refractivity contribution in [3.05, 3.63) is 42.1 Å². The van der Waals surface area contributed by atoms with Crippen molar-refractivity contribution in [3.8, 4) is 0 Å². The van der Waals surface area contributed by atoms with Gasteiger partial charge in [0, 0.05) is 31.9 Å². The molecule has 3 aromatic rings. The number of likely N-dealkylation sites (tertiary alicyclic amines) is 1. The first kappa shape index (κ1) is 14.9. The molecule has 0 saturated carbocycles. The van der Waals surface area contributed by atoms with Crippen LogP contribution >= 0.6 is 0 Å². The van der Waals surface area contributed by atoms with Crippen LogP contribution < -0.4 is 0 Å². The van der Waals surface area contributed by atoms with Crippen LogP contribution in [0.25, 0.3) is 10.9 Å². The summed E-state index contributed by atoms with van der Waals surface area (Å²) in [6.45, 7) is 1.53. The minimum atomic E-state index is 0.0181. The number of amides is 1. The van der Waals surface area contributed by atoms with Gasteiger partial charge in [-0.1, -0.05) is 18.2 Å². The van der Waals surface area contributed by atoms with Gasteiger partial charge in [-0.05, 0) is 24.8 Å². The summed E-state index contributed by atoms with van der Waals surface area (Å²) in [5, 5.41) is 16.1.